The average Bonchev–Trinajstić information content (AvgIpc) is 3.07. The molecule has 3 N–H and O–H groups in total. The van der Waals surface area contributed by atoms with Crippen molar-refractivity contribution in [1.29, 1.82) is 0 Å². The van der Waals surface area contributed by atoms with E-state index >= 15 is 0 Å². The van der Waals surface area contributed by atoms with Crippen molar-refractivity contribution in [3.63, 3.8) is 0 Å². The van der Waals surface area contributed by atoms with Gasteiger partial charge in [-0.3, -0.25) is 19.1 Å². The Morgan fingerprint density at radius 1 is 1.42 bits per heavy atom. The van der Waals surface area contributed by atoms with Crippen LogP contribution in [0.25, 0.3) is 0 Å². The van der Waals surface area contributed by atoms with Gasteiger partial charge in [0.15, 0.2) is 5.69 Å². The van der Waals surface area contributed by atoms with E-state index in [1.54, 1.807) is 0 Å². The second-order valence-corrected chi connectivity index (χ2v) is 7.12. The van der Waals surface area contributed by atoms with Crippen LogP contribution < -0.4 is 21.9 Å². The van der Waals surface area contributed by atoms with Crippen LogP contribution in [0.2, 0.25) is 0 Å². The van der Waals surface area contributed by atoms with Gasteiger partial charge in [0, 0.05) is 20.2 Å². The van der Waals surface area contributed by atoms with E-state index in [1.165, 1.54) is 27.9 Å². The Hall–Kier alpha value is -2.39. The van der Waals surface area contributed by atoms with Gasteiger partial charge in [-0.15, -0.1) is 0 Å². The lowest BCUT2D eigenvalue weighted by atomic mass is 10.2. The summed E-state index contributed by atoms with van der Waals surface area (Å²) in [5.74, 6) is -0.155. The van der Waals surface area contributed by atoms with Crippen molar-refractivity contribution in [1.82, 2.24) is 9.55 Å². The van der Waals surface area contributed by atoms with Gasteiger partial charge in [-0.2, -0.15) is 11.3 Å². The number of aromatic amines is 1. The molecule has 0 saturated heterocycles. The maximum Gasteiger partial charge on any atom is 0.330 e. The number of methoxy groups -OCH3 is 1. The summed E-state index contributed by atoms with van der Waals surface area (Å²) < 4.78 is 6.35. The van der Waals surface area contributed by atoms with Crippen LogP contribution in [0.15, 0.2) is 26.4 Å². The molecule has 0 aromatic carbocycles. The summed E-state index contributed by atoms with van der Waals surface area (Å²) in [5.41, 5.74) is 5.71. The van der Waals surface area contributed by atoms with E-state index in [1.807, 2.05) is 30.7 Å². The lowest BCUT2D eigenvalue weighted by Crippen LogP contribution is -2.43. The topological polar surface area (TPSA) is 110 Å². The molecule has 0 atom stereocenters. The van der Waals surface area contributed by atoms with Crippen LogP contribution in [0.4, 0.5) is 11.5 Å². The highest BCUT2D eigenvalue weighted by molar-refractivity contribution is 7.08. The fourth-order valence-corrected chi connectivity index (χ4v) is 3.26. The predicted molar refractivity (Wildman–Crippen MR) is 103 cm³/mol. The van der Waals surface area contributed by atoms with Crippen molar-refractivity contribution in [2.24, 2.45) is 5.92 Å². The van der Waals surface area contributed by atoms with E-state index < -0.39 is 11.2 Å². The Morgan fingerprint density at radius 2 is 2.15 bits per heavy atom. The number of aromatic nitrogens is 2. The summed E-state index contributed by atoms with van der Waals surface area (Å²) in [6.07, 6.45) is 0.134. The summed E-state index contributed by atoms with van der Waals surface area (Å²) in [5, 5.41) is 3.76. The van der Waals surface area contributed by atoms with Crippen LogP contribution in [-0.2, 0) is 22.5 Å². The van der Waals surface area contributed by atoms with Crippen molar-refractivity contribution < 1.29 is 9.53 Å². The van der Waals surface area contributed by atoms with Gasteiger partial charge in [0.25, 0.3) is 5.56 Å². The number of thiophene rings is 1. The molecule has 0 spiro atoms. The van der Waals surface area contributed by atoms with Gasteiger partial charge in [-0.05, 0) is 28.3 Å². The van der Waals surface area contributed by atoms with Crippen LogP contribution >= 0.6 is 11.3 Å². The van der Waals surface area contributed by atoms with Crippen molar-refractivity contribution in [3.05, 3.63) is 43.2 Å². The third-order valence-electron chi connectivity index (χ3n) is 3.79. The maximum absolute atomic E-state index is 12.8. The zero-order chi connectivity index (χ0) is 19.3. The molecule has 1 amide bonds. The first kappa shape index (κ1) is 19.9. The lowest BCUT2D eigenvalue weighted by Gasteiger charge is -2.24. The minimum absolute atomic E-state index is 0.0115. The number of nitrogens with two attached hydrogens (primary N) is 1. The van der Waals surface area contributed by atoms with Gasteiger partial charge >= 0.3 is 5.69 Å². The summed E-state index contributed by atoms with van der Waals surface area (Å²) >= 11 is 1.49. The van der Waals surface area contributed by atoms with E-state index in [4.69, 9.17) is 10.5 Å². The van der Waals surface area contributed by atoms with Gasteiger partial charge in [-0.1, -0.05) is 13.8 Å². The van der Waals surface area contributed by atoms with Gasteiger partial charge in [-0.25, -0.2) is 4.79 Å². The summed E-state index contributed by atoms with van der Waals surface area (Å²) in [6.45, 7) is 4.59. The zero-order valence-electron chi connectivity index (χ0n) is 15.2. The SMILES string of the molecule is COCCN(C(=O)Cc1ccsc1)c1c(N)n(CC(C)C)c(=O)[nH]c1=O. The van der Waals surface area contributed by atoms with Crippen LogP contribution in [0, 0.1) is 5.92 Å². The highest BCUT2D eigenvalue weighted by atomic mass is 32.1. The minimum Gasteiger partial charge on any atom is -0.383 e. The van der Waals surface area contributed by atoms with Gasteiger partial charge in [0.2, 0.25) is 5.91 Å². The molecular weight excluding hydrogens is 356 g/mol. The molecule has 0 bridgehead atoms. The molecule has 0 unspecified atom stereocenters. The fraction of sp³-hybridized carbons (Fsp3) is 0.471. The van der Waals surface area contributed by atoms with E-state index in [2.05, 4.69) is 4.98 Å². The molecule has 2 rings (SSSR count). The third kappa shape index (κ3) is 4.61. The number of amides is 1. The highest BCUT2D eigenvalue weighted by Gasteiger charge is 2.24. The number of anilines is 2. The molecule has 142 valence electrons. The second-order valence-electron chi connectivity index (χ2n) is 6.34. The number of nitrogens with zero attached hydrogens (tertiary/aromatic N) is 2. The van der Waals surface area contributed by atoms with E-state index in [9.17, 15) is 14.4 Å². The number of carbonyl (C=O) groups excluding carboxylic acids is 1. The van der Waals surface area contributed by atoms with Crippen molar-refractivity contribution >= 4 is 28.7 Å². The monoisotopic (exact) mass is 380 g/mol. The number of nitrogen functional groups attached to an aromatic ring is 1. The first-order valence-electron chi connectivity index (χ1n) is 8.28. The van der Waals surface area contributed by atoms with Crippen molar-refractivity contribution in [2.45, 2.75) is 26.8 Å². The van der Waals surface area contributed by atoms with E-state index in [0.717, 1.165) is 5.56 Å². The van der Waals surface area contributed by atoms with Gasteiger partial charge in [0.05, 0.1) is 13.0 Å². The molecule has 0 radical (unpaired) electrons. The van der Waals surface area contributed by atoms with Crippen LogP contribution in [0.5, 0.6) is 0 Å². The van der Waals surface area contributed by atoms with Gasteiger partial charge in [0.1, 0.15) is 5.82 Å². The summed E-state index contributed by atoms with van der Waals surface area (Å²) in [7, 11) is 1.51. The molecule has 26 heavy (non-hydrogen) atoms. The third-order valence-corrected chi connectivity index (χ3v) is 4.52. The molecule has 2 aromatic heterocycles. The molecular formula is C17H24N4O4S. The number of rotatable bonds is 8. The quantitative estimate of drug-likeness (QED) is 0.711. The number of ether oxygens (including phenoxy) is 1. The largest absolute Gasteiger partial charge is 0.383 e. The molecule has 0 fully saturated rings. The van der Waals surface area contributed by atoms with Crippen LogP contribution in [-0.4, -0.2) is 35.7 Å². The second kappa shape index (κ2) is 8.81. The van der Waals surface area contributed by atoms with Crippen LogP contribution in [0.1, 0.15) is 19.4 Å². The first-order valence-corrected chi connectivity index (χ1v) is 9.22. The standard InChI is InChI=1S/C17H24N4O4S/c1-11(2)9-21-15(18)14(16(23)19-17(21)24)20(5-6-25-3)13(22)8-12-4-7-26-10-12/h4,7,10-11H,5-6,8-9,18H2,1-3H3,(H,19,23,24). The molecule has 2 heterocycles. The number of hydrogen-bond acceptors (Lipinski definition) is 6. The smallest absolute Gasteiger partial charge is 0.330 e. The van der Waals surface area contributed by atoms with Crippen LogP contribution in [0.3, 0.4) is 0 Å². The molecule has 0 aliphatic carbocycles. The molecule has 0 aliphatic rings. The highest BCUT2D eigenvalue weighted by Crippen LogP contribution is 2.19. The average molecular weight is 380 g/mol. The summed E-state index contributed by atoms with van der Waals surface area (Å²) in [6, 6.07) is 1.85. The number of carbonyl (C=O) groups is 1. The number of H-pyrrole nitrogens is 1. The Morgan fingerprint density at radius 3 is 2.73 bits per heavy atom. The molecule has 0 aliphatic heterocycles. The Bertz CT molecular complexity index is 855. The van der Waals surface area contributed by atoms with E-state index in [-0.39, 0.29) is 42.9 Å². The van der Waals surface area contributed by atoms with Crippen molar-refractivity contribution in [3.8, 4) is 0 Å². The Balaban J connectivity index is 2.48. The lowest BCUT2D eigenvalue weighted by molar-refractivity contribution is -0.118. The normalized spacial score (nSPS) is 11.1. The van der Waals surface area contributed by atoms with E-state index in [0.29, 0.717) is 6.54 Å². The predicted octanol–water partition coefficient (Wildman–Crippen LogP) is 1.06. The molecule has 8 nitrogen and oxygen atoms in total. The Kier molecular flexibility index (Phi) is 6.76. The number of hydrogen-bond donors (Lipinski definition) is 2. The number of nitrogens with one attached hydrogen (secondary N) is 1. The molecule has 0 saturated carbocycles. The fourth-order valence-electron chi connectivity index (χ4n) is 2.59. The molecule has 2 aromatic rings. The van der Waals surface area contributed by atoms with Gasteiger partial charge < -0.3 is 15.4 Å². The molecule has 9 heteroatoms. The first-order chi connectivity index (χ1) is 12.3. The minimum atomic E-state index is -0.678. The Labute approximate surface area is 155 Å². The maximum atomic E-state index is 12.8. The zero-order valence-corrected chi connectivity index (χ0v) is 16.0. The summed E-state index contributed by atoms with van der Waals surface area (Å²) in [4.78, 5) is 40.9. The van der Waals surface area contributed by atoms with Crippen molar-refractivity contribution in [2.75, 3.05) is 30.9 Å².